The number of alkyl halides is 3. The van der Waals surface area contributed by atoms with Crippen LogP contribution >= 0.6 is 0 Å². The molecule has 0 aromatic heterocycles. The molecule has 0 unspecified atom stereocenters. The number of hydrogen-bond donors (Lipinski definition) is 1. The van der Waals surface area contributed by atoms with Gasteiger partial charge in [0.1, 0.15) is 0 Å². The first-order valence-electron chi connectivity index (χ1n) is 5.65. The second kappa shape index (κ2) is 5.50. The summed E-state index contributed by atoms with van der Waals surface area (Å²) < 4.78 is 62.8. The molecular weight excluding hydrogens is 279 g/mol. The molecule has 0 spiro atoms. The summed E-state index contributed by atoms with van der Waals surface area (Å²) in [6.07, 6.45) is -3.46. The van der Waals surface area contributed by atoms with E-state index < -0.39 is 27.8 Å². The fourth-order valence-corrected chi connectivity index (χ4v) is 2.60. The van der Waals surface area contributed by atoms with E-state index in [9.17, 15) is 21.6 Å². The number of nitrogens with one attached hydrogen (secondary N) is 1. The minimum absolute atomic E-state index is 0.168. The van der Waals surface area contributed by atoms with Crippen LogP contribution in [0.25, 0.3) is 0 Å². The molecule has 7 heteroatoms. The molecule has 1 aromatic carbocycles. The van der Waals surface area contributed by atoms with Crippen LogP contribution in [0.15, 0.2) is 24.3 Å². The molecule has 0 fully saturated rings. The van der Waals surface area contributed by atoms with Crippen LogP contribution in [0.2, 0.25) is 0 Å². The zero-order valence-corrected chi connectivity index (χ0v) is 11.6. The van der Waals surface area contributed by atoms with Crippen molar-refractivity contribution in [2.75, 3.05) is 6.26 Å². The lowest BCUT2D eigenvalue weighted by atomic mass is 9.95. The molecule has 0 aliphatic heterocycles. The minimum atomic E-state index is -4.44. The molecule has 0 aliphatic carbocycles. The third-order valence-electron chi connectivity index (χ3n) is 2.58. The normalized spacial score (nSPS) is 14.7. The molecule has 108 valence electrons. The molecule has 0 heterocycles. The number of rotatable bonds is 4. The monoisotopic (exact) mass is 295 g/mol. The Morgan fingerprint density at radius 1 is 1.21 bits per heavy atom. The van der Waals surface area contributed by atoms with Gasteiger partial charge in [-0.1, -0.05) is 26.0 Å². The standard InChI is InChI=1S/C12H16F3NO2S/c1-8(2)11(16-19(3,17)18)9-5-4-6-10(7-9)12(13,14)15/h4-8,11,16H,1-3H3/t11-/m0/s1. The number of benzene rings is 1. The van der Waals surface area contributed by atoms with Gasteiger partial charge in [0.15, 0.2) is 0 Å². The van der Waals surface area contributed by atoms with Crippen LogP contribution in [0.4, 0.5) is 13.2 Å². The SMILES string of the molecule is CC(C)[C@H](NS(C)(=O)=O)c1cccc(C(F)(F)F)c1. The van der Waals surface area contributed by atoms with Crippen LogP contribution in [-0.2, 0) is 16.2 Å². The van der Waals surface area contributed by atoms with Crippen LogP contribution in [0, 0.1) is 5.92 Å². The Hall–Kier alpha value is -1.08. The van der Waals surface area contributed by atoms with E-state index in [-0.39, 0.29) is 5.92 Å². The molecule has 1 atom stereocenters. The van der Waals surface area contributed by atoms with Crippen molar-refractivity contribution in [3.05, 3.63) is 35.4 Å². The second-order valence-corrected chi connectivity index (χ2v) is 6.51. The van der Waals surface area contributed by atoms with Gasteiger partial charge in [0, 0.05) is 6.04 Å². The van der Waals surface area contributed by atoms with Gasteiger partial charge in [0.05, 0.1) is 11.8 Å². The highest BCUT2D eigenvalue weighted by molar-refractivity contribution is 7.88. The maximum Gasteiger partial charge on any atom is 0.416 e. The maximum atomic E-state index is 12.6. The molecular formula is C12H16F3NO2S. The Balaban J connectivity index is 3.18. The van der Waals surface area contributed by atoms with E-state index in [1.807, 2.05) is 0 Å². The van der Waals surface area contributed by atoms with Crippen molar-refractivity contribution < 1.29 is 21.6 Å². The second-order valence-electron chi connectivity index (χ2n) is 4.73. The minimum Gasteiger partial charge on any atom is -0.213 e. The molecule has 0 bridgehead atoms. The van der Waals surface area contributed by atoms with E-state index in [0.29, 0.717) is 5.56 Å². The molecule has 1 rings (SSSR count). The summed E-state index contributed by atoms with van der Waals surface area (Å²) in [5.41, 5.74) is -0.485. The lowest BCUT2D eigenvalue weighted by Gasteiger charge is -2.22. The first-order chi connectivity index (χ1) is 8.50. The van der Waals surface area contributed by atoms with Crippen molar-refractivity contribution in [1.29, 1.82) is 0 Å². The van der Waals surface area contributed by atoms with Crippen LogP contribution < -0.4 is 4.72 Å². The fourth-order valence-electron chi connectivity index (χ4n) is 1.73. The Morgan fingerprint density at radius 3 is 2.21 bits per heavy atom. The fraction of sp³-hybridized carbons (Fsp3) is 0.500. The van der Waals surface area contributed by atoms with E-state index in [2.05, 4.69) is 4.72 Å². The predicted octanol–water partition coefficient (Wildman–Crippen LogP) is 2.95. The van der Waals surface area contributed by atoms with Gasteiger partial charge >= 0.3 is 6.18 Å². The van der Waals surface area contributed by atoms with Crippen LogP contribution in [-0.4, -0.2) is 14.7 Å². The summed E-state index contributed by atoms with van der Waals surface area (Å²) in [5.74, 6) is -0.168. The highest BCUT2D eigenvalue weighted by Crippen LogP contribution is 2.32. The first-order valence-corrected chi connectivity index (χ1v) is 7.54. The van der Waals surface area contributed by atoms with E-state index >= 15 is 0 Å². The average molecular weight is 295 g/mol. The van der Waals surface area contributed by atoms with Crippen molar-refractivity contribution in [3.8, 4) is 0 Å². The third kappa shape index (κ3) is 4.83. The molecule has 0 amide bonds. The van der Waals surface area contributed by atoms with Gasteiger partial charge in [0.25, 0.3) is 0 Å². The molecule has 1 aromatic rings. The summed E-state index contributed by atoms with van der Waals surface area (Å²) in [4.78, 5) is 0. The summed E-state index contributed by atoms with van der Waals surface area (Å²) >= 11 is 0. The van der Waals surface area contributed by atoms with Crippen molar-refractivity contribution in [1.82, 2.24) is 4.72 Å². The van der Waals surface area contributed by atoms with Crippen molar-refractivity contribution >= 4 is 10.0 Å². The van der Waals surface area contributed by atoms with E-state index in [0.717, 1.165) is 18.4 Å². The summed E-state index contributed by atoms with van der Waals surface area (Å²) in [6, 6.07) is 4.01. The third-order valence-corrected chi connectivity index (χ3v) is 3.26. The summed E-state index contributed by atoms with van der Waals surface area (Å²) in [7, 11) is -3.50. The van der Waals surface area contributed by atoms with Gasteiger partial charge in [-0.15, -0.1) is 0 Å². The van der Waals surface area contributed by atoms with E-state index in [1.54, 1.807) is 13.8 Å². The van der Waals surface area contributed by atoms with Gasteiger partial charge in [-0.25, -0.2) is 13.1 Å². The Kier molecular flexibility index (Phi) is 4.63. The number of hydrogen-bond acceptors (Lipinski definition) is 2. The largest absolute Gasteiger partial charge is 0.416 e. The predicted molar refractivity (Wildman–Crippen MR) is 67.0 cm³/mol. The summed E-state index contributed by atoms with van der Waals surface area (Å²) in [5, 5.41) is 0. The van der Waals surface area contributed by atoms with Crippen molar-refractivity contribution in [3.63, 3.8) is 0 Å². The van der Waals surface area contributed by atoms with Gasteiger partial charge < -0.3 is 0 Å². The van der Waals surface area contributed by atoms with Gasteiger partial charge in [-0.3, -0.25) is 0 Å². The zero-order chi connectivity index (χ0) is 14.8. The molecule has 0 saturated carbocycles. The highest BCUT2D eigenvalue weighted by Gasteiger charge is 2.31. The highest BCUT2D eigenvalue weighted by atomic mass is 32.2. The number of halogens is 3. The van der Waals surface area contributed by atoms with Gasteiger partial charge in [-0.05, 0) is 23.6 Å². The van der Waals surface area contributed by atoms with Gasteiger partial charge in [0.2, 0.25) is 10.0 Å². The number of sulfonamides is 1. The smallest absolute Gasteiger partial charge is 0.213 e. The summed E-state index contributed by atoms with van der Waals surface area (Å²) in [6.45, 7) is 3.48. The molecule has 1 N–H and O–H groups in total. The van der Waals surface area contributed by atoms with Gasteiger partial charge in [-0.2, -0.15) is 13.2 Å². The molecule has 0 radical (unpaired) electrons. The molecule has 19 heavy (non-hydrogen) atoms. The maximum absolute atomic E-state index is 12.6. The van der Waals surface area contributed by atoms with E-state index in [1.165, 1.54) is 12.1 Å². The lowest BCUT2D eigenvalue weighted by molar-refractivity contribution is -0.137. The average Bonchev–Trinajstić information content (AvgIpc) is 2.23. The van der Waals surface area contributed by atoms with Crippen LogP contribution in [0.1, 0.15) is 31.0 Å². The van der Waals surface area contributed by atoms with Crippen LogP contribution in [0.5, 0.6) is 0 Å². The Labute approximate surface area is 110 Å². The van der Waals surface area contributed by atoms with E-state index in [4.69, 9.17) is 0 Å². The topological polar surface area (TPSA) is 46.2 Å². The van der Waals surface area contributed by atoms with Crippen molar-refractivity contribution in [2.45, 2.75) is 26.1 Å². The lowest BCUT2D eigenvalue weighted by Crippen LogP contribution is -2.31. The Bertz CT molecular complexity index is 538. The Morgan fingerprint density at radius 2 is 1.79 bits per heavy atom. The van der Waals surface area contributed by atoms with Crippen LogP contribution in [0.3, 0.4) is 0 Å². The first kappa shape index (κ1) is 16.0. The quantitative estimate of drug-likeness (QED) is 0.928. The van der Waals surface area contributed by atoms with Crippen molar-refractivity contribution in [2.24, 2.45) is 5.92 Å². The zero-order valence-electron chi connectivity index (χ0n) is 10.8. The molecule has 0 saturated heterocycles. The molecule has 0 aliphatic rings. The molecule has 3 nitrogen and oxygen atoms in total.